The van der Waals surface area contributed by atoms with Crippen LogP contribution in [0.3, 0.4) is 0 Å². The molecule has 0 N–H and O–H groups in total. The lowest BCUT2D eigenvalue weighted by Gasteiger charge is -2.21. The topological polar surface area (TPSA) is 25.8 Å². The van der Waals surface area contributed by atoms with Crippen molar-refractivity contribution in [2.75, 3.05) is 0 Å². The molecular formula is C22H24N2S. The van der Waals surface area contributed by atoms with E-state index >= 15 is 0 Å². The zero-order chi connectivity index (χ0) is 17.1. The second kappa shape index (κ2) is 7.49. The van der Waals surface area contributed by atoms with Crippen molar-refractivity contribution < 1.29 is 0 Å². The highest BCUT2D eigenvalue weighted by Crippen LogP contribution is 2.31. The third-order valence-electron chi connectivity index (χ3n) is 5.14. The largest absolute Gasteiger partial charge is 0.261 e. The Morgan fingerprint density at radius 2 is 1.80 bits per heavy atom. The van der Waals surface area contributed by atoms with Crippen LogP contribution in [0.5, 0.6) is 0 Å². The minimum absolute atomic E-state index is 0.816. The van der Waals surface area contributed by atoms with Crippen molar-refractivity contribution >= 4 is 11.3 Å². The Labute approximate surface area is 154 Å². The number of aromatic nitrogens is 2. The van der Waals surface area contributed by atoms with Crippen LogP contribution in [0.4, 0.5) is 0 Å². The van der Waals surface area contributed by atoms with Gasteiger partial charge in [0.25, 0.3) is 0 Å². The normalized spacial score (nSPS) is 15.4. The molecule has 1 saturated carbocycles. The van der Waals surface area contributed by atoms with Crippen LogP contribution in [0.1, 0.15) is 43.4 Å². The fourth-order valence-corrected chi connectivity index (χ4v) is 4.50. The Kier molecular flexibility index (Phi) is 4.93. The predicted octanol–water partition coefficient (Wildman–Crippen LogP) is 6.30. The molecule has 0 radical (unpaired) electrons. The summed E-state index contributed by atoms with van der Waals surface area (Å²) in [5.41, 5.74) is 5.94. The highest BCUT2D eigenvalue weighted by molar-refractivity contribution is 7.13. The van der Waals surface area contributed by atoms with Gasteiger partial charge in [0.2, 0.25) is 0 Å². The number of aryl methyl sites for hydroxylation is 1. The third-order valence-corrected chi connectivity index (χ3v) is 6.03. The van der Waals surface area contributed by atoms with E-state index in [0.717, 1.165) is 23.0 Å². The molecule has 0 atom stereocenters. The highest BCUT2D eigenvalue weighted by Gasteiger charge is 2.15. The van der Waals surface area contributed by atoms with Crippen LogP contribution >= 0.6 is 11.3 Å². The van der Waals surface area contributed by atoms with Crippen LogP contribution in [0.2, 0.25) is 0 Å². The quantitative estimate of drug-likeness (QED) is 0.552. The maximum atomic E-state index is 4.86. The molecule has 1 fully saturated rings. The van der Waals surface area contributed by atoms with Gasteiger partial charge in [-0.05, 0) is 31.4 Å². The number of pyridine rings is 1. The van der Waals surface area contributed by atoms with Crippen molar-refractivity contribution in [3.63, 3.8) is 0 Å². The summed E-state index contributed by atoms with van der Waals surface area (Å²) in [6, 6.07) is 12.9. The molecule has 3 heteroatoms. The number of hydrogen-bond donors (Lipinski definition) is 0. The number of thiazole rings is 1. The maximum Gasteiger partial charge on any atom is 0.124 e. The van der Waals surface area contributed by atoms with Gasteiger partial charge < -0.3 is 0 Å². The molecule has 2 aromatic heterocycles. The Balaban J connectivity index is 1.53. The first-order chi connectivity index (χ1) is 12.3. The SMILES string of the molecule is Cc1ccc(-c2csc(-c3ccnc(CC4CCCCC4)c3)n2)cc1. The van der Waals surface area contributed by atoms with Gasteiger partial charge in [-0.1, -0.05) is 61.9 Å². The lowest BCUT2D eigenvalue weighted by atomic mass is 9.86. The molecule has 0 saturated heterocycles. The number of benzene rings is 1. The van der Waals surface area contributed by atoms with E-state index in [9.17, 15) is 0 Å². The Morgan fingerprint density at radius 1 is 1.00 bits per heavy atom. The summed E-state index contributed by atoms with van der Waals surface area (Å²) in [5, 5.41) is 3.24. The molecule has 0 aliphatic heterocycles. The molecule has 1 aromatic carbocycles. The summed E-state index contributed by atoms with van der Waals surface area (Å²) in [6.07, 6.45) is 9.96. The van der Waals surface area contributed by atoms with Gasteiger partial charge in [0.15, 0.2) is 0 Å². The minimum atomic E-state index is 0.816. The molecule has 0 unspecified atom stereocenters. The van der Waals surface area contributed by atoms with Crippen LogP contribution in [0.25, 0.3) is 21.8 Å². The van der Waals surface area contributed by atoms with Gasteiger partial charge in [-0.25, -0.2) is 4.98 Å². The second-order valence-corrected chi connectivity index (χ2v) is 8.01. The van der Waals surface area contributed by atoms with E-state index in [-0.39, 0.29) is 0 Å². The van der Waals surface area contributed by atoms with Crippen LogP contribution < -0.4 is 0 Å². The van der Waals surface area contributed by atoms with Crippen molar-refractivity contribution in [3.8, 4) is 21.8 Å². The molecular weight excluding hydrogens is 324 g/mol. The molecule has 0 bridgehead atoms. The van der Waals surface area contributed by atoms with Gasteiger partial charge in [0.05, 0.1) is 5.69 Å². The number of hydrogen-bond acceptors (Lipinski definition) is 3. The molecule has 25 heavy (non-hydrogen) atoms. The van der Waals surface area contributed by atoms with Crippen molar-refractivity contribution in [1.82, 2.24) is 9.97 Å². The average Bonchev–Trinajstić information content (AvgIpc) is 3.14. The summed E-state index contributed by atoms with van der Waals surface area (Å²) in [4.78, 5) is 9.47. The summed E-state index contributed by atoms with van der Waals surface area (Å²) >= 11 is 1.72. The fraction of sp³-hybridized carbons (Fsp3) is 0.364. The van der Waals surface area contributed by atoms with Crippen LogP contribution in [-0.2, 0) is 6.42 Å². The van der Waals surface area contributed by atoms with E-state index in [4.69, 9.17) is 4.98 Å². The zero-order valence-electron chi connectivity index (χ0n) is 14.7. The van der Waals surface area contributed by atoms with E-state index in [1.807, 2.05) is 6.20 Å². The fourth-order valence-electron chi connectivity index (χ4n) is 3.67. The molecule has 0 spiro atoms. The van der Waals surface area contributed by atoms with Crippen molar-refractivity contribution in [1.29, 1.82) is 0 Å². The molecule has 2 nitrogen and oxygen atoms in total. The molecule has 1 aliphatic rings. The number of nitrogens with zero attached hydrogens (tertiary/aromatic N) is 2. The minimum Gasteiger partial charge on any atom is -0.261 e. The summed E-state index contributed by atoms with van der Waals surface area (Å²) < 4.78 is 0. The molecule has 1 aliphatic carbocycles. The van der Waals surface area contributed by atoms with Gasteiger partial charge in [-0.3, -0.25) is 4.98 Å². The van der Waals surface area contributed by atoms with Gasteiger partial charge >= 0.3 is 0 Å². The van der Waals surface area contributed by atoms with E-state index < -0.39 is 0 Å². The summed E-state index contributed by atoms with van der Waals surface area (Å²) in [7, 11) is 0. The smallest absolute Gasteiger partial charge is 0.124 e. The first-order valence-electron chi connectivity index (χ1n) is 9.26. The molecule has 2 heterocycles. The van der Waals surface area contributed by atoms with Gasteiger partial charge in [-0.2, -0.15) is 0 Å². The predicted molar refractivity (Wildman–Crippen MR) is 106 cm³/mol. The van der Waals surface area contributed by atoms with Gasteiger partial charge in [0.1, 0.15) is 5.01 Å². The van der Waals surface area contributed by atoms with E-state index in [1.54, 1.807) is 11.3 Å². The monoisotopic (exact) mass is 348 g/mol. The average molecular weight is 349 g/mol. The van der Waals surface area contributed by atoms with E-state index in [1.165, 1.54) is 54.5 Å². The van der Waals surface area contributed by atoms with Crippen molar-refractivity contribution in [3.05, 3.63) is 59.2 Å². The summed E-state index contributed by atoms with van der Waals surface area (Å²) in [5.74, 6) is 0.816. The van der Waals surface area contributed by atoms with Crippen LogP contribution in [0.15, 0.2) is 48.0 Å². The van der Waals surface area contributed by atoms with Crippen LogP contribution in [-0.4, -0.2) is 9.97 Å². The number of rotatable bonds is 4. The molecule has 4 rings (SSSR count). The second-order valence-electron chi connectivity index (χ2n) is 7.15. The van der Waals surface area contributed by atoms with Gasteiger partial charge in [-0.15, -0.1) is 11.3 Å². The maximum absolute atomic E-state index is 4.86. The highest BCUT2D eigenvalue weighted by atomic mass is 32.1. The summed E-state index contributed by atoms with van der Waals surface area (Å²) in [6.45, 7) is 2.11. The first kappa shape index (κ1) is 16.5. The lowest BCUT2D eigenvalue weighted by Crippen LogP contribution is -2.10. The van der Waals surface area contributed by atoms with Crippen LogP contribution in [0, 0.1) is 12.8 Å². The molecule has 0 amide bonds. The van der Waals surface area contributed by atoms with E-state index in [2.05, 4.69) is 53.7 Å². The first-order valence-corrected chi connectivity index (χ1v) is 10.1. The van der Waals surface area contributed by atoms with Gasteiger partial charge in [0, 0.05) is 28.4 Å². The third kappa shape index (κ3) is 3.98. The lowest BCUT2D eigenvalue weighted by molar-refractivity contribution is 0.354. The van der Waals surface area contributed by atoms with Crippen molar-refractivity contribution in [2.24, 2.45) is 5.92 Å². The van der Waals surface area contributed by atoms with Crippen molar-refractivity contribution in [2.45, 2.75) is 45.4 Å². The molecule has 3 aromatic rings. The zero-order valence-corrected chi connectivity index (χ0v) is 15.6. The standard InChI is InChI=1S/C22H24N2S/c1-16-7-9-18(10-8-16)21-15-25-22(24-21)19-11-12-23-20(14-19)13-17-5-3-2-4-6-17/h7-12,14-15,17H,2-6,13H2,1H3. The Bertz CT molecular complexity index is 829. The van der Waals surface area contributed by atoms with E-state index in [0.29, 0.717) is 0 Å². The molecule has 128 valence electrons. The Hall–Kier alpha value is -2.00. The Morgan fingerprint density at radius 3 is 2.60 bits per heavy atom.